The second-order valence-corrected chi connectivity index (χ2v) is 3.41. The number of rotatable bonds is 2. The lowest BCUT2D eigenvalue weighted by molar-refractivity contribution is -0.133. The smallest absolute Gasteiger partial charge is 0.313 e. The molecule has 0 aromatic rings. The Hall–Kier alpha value is 0.520. The van der Waals surface area contributed by atoms with Crippen LogP contribution in [0.2, 0.25) is 0 Å². The first-order valence-corrected chi connectivity index (χ1v) is 4.39. The van der Waals surface area contributed by atoms with E-state index in [1.807, 2.05) is 6.92 Å². The Kier molecular flexibility index (Phi) is 12.5. The molecule has 0 aliphatic heterocycles. The molecule has 0 heterocycles. The highest BCUT2D eigenvalue weighted by Crippen LogP contribution is 2.01. The summed E-state index contributed by atoms with van der Waals surface area (Å²) in [5, 5.41) is 7.65. The first kappa shape index (κ1) is 13.1. The molecular formula is C5H12O2S3. The van der Waals surface area contributed by atoms with Crippen LogP contribution in [0.1, 0.15) is 13.3 Å². The number of aliphatic carboxylic acids is 1. The van der Waals surface area contributed by atoms with Crippen LogP contribution in [0.4, 0.5) is 0 Å². The SMILES string of the molecule is CCC(S)S.O=C(O)CS. The van der Waals surface area contributed by atoms with E-state index in [1.54, 1.807) is 0 Å². The van der Waals surface area contributed by atoms with Gasteiger partial charge < -0.3 is 5.11 Å². The molecule has 0 fully saturated rings. The van der Waals surface area contributed by atoms with Gasteiger partial charge in [-0.15, -0.1) is 0 Å². The third-order valence-corrected chi connectivity index (χ3v) is 1.50. The number of hydrogen-bond donors (Lipinski definition) is 4. The van der Waals surface area contributed by atoms with Gasteiger partial charge in [-0.05, 0) is 6.42 Å². The normalized spacial score (nSPS) is 8.50. The molecule has 1 N–H and O–H groups in total. The van der Waals surface area contributed by atoms with Crippen molar-refractivity contribution in [1.82, 2.24) is 0 Å². The van der Waals surface area contributed by atoms with Crippen LogP contribution >= 0.6 is 37.9 Å². The number of carbonyl (C=O) groups is 1. The quantitative estimate of drug-likeness (QED) is 0.404. The zero-order valence-corrected chi connectivity index (χ0v) is 8.37. The van der Waals surface area contributed by atoms with Gasteiger partial charge in [-0.2, -0.15) is 37.9 Å². The highest BCUT2D eigenvalue weighted by atomic mass is 32.2. The maximum absolute atomic E-state index is 9.29. The van der Waals surface area contributed by atoms with Crippen molar-refractivity contribution >= 4 is 43.9 Å². The molecule has 10 heavy (non-hydrogen) atoms. The minimum Gasteiger partial charge on any atom is -0.481 e. The van der Waals surface area contributed by atoms with Gasteiger partial charge in [-0.1, -0.05) is 6.92 Å². The second-order valence-electron chi connectivity index (χ2n) is 1.44. The second kappa shape index (κ2) is 9.52. The van der Waals surface area contributed by atoms with E-state index in [4.69, 9.17) is 5.11 Å². The first-order valence-electron chi connectivity index (χ1n) is 2.73. The molecule has 0 saturated carbocycles. The molecule has 0 atom stereocenters. The van der Waals surface area contributed by atoms with Gasteiger partial charge in [0.25, 0.3) is 0 Å². The van der Waals surface area contributed by atoms with Gasteiger partial charge >= 0.3 is 5.97 Å². The predicted molar refractivity (Wildman–Crippen MR) is 53.5 cm³/mol. The Morgan fingerprint density at radius 1 is 1.60 bits per heavy atom. The first-order chi connectivity index (χ1) is 4.54. The van der Waals surface area contributed by atoms with Crippen LogP contribution in [0.15, 0.2) is 0 Å². The van der Waals surface area contributed by atoms with Crippen molar-refractivity contribution < 1.29 is 9.90 Å². The number of thiol groups is 3. The van der Waals surface area contributed by atoms with E-state index in [-0.39, 0.29) is 10.3 Å². The summed E-state index contributed by atoms with van der Waals surface area (Å²) in [4.78, 5) is 9.29. The van der Waals surface area contributed by atoms with Crippen LogP contribution in [-0.4, -0.2) is 21.4 Å². The van der Waals surface area contributed by atoms with Crippen molar-refractivity contribution in [1.29, 1.82) is 0 Å². The molecule has 5 heteroatoms. The van der Waals surface area contributed by atoms with Crippen molar-refractivity contribution in [3.63, 3.8) is 0 Å². The van der Waals surface area contributed by atoms with Gasteiger partial charge in [0.15, 0.2) is 0 Å². The molecule has 0 spiro atoms. The van der Waals surface area contributed by atoms with Crippen LogP contribution in [-0.2, 0) is 4.79 Å². The van der Waals surface area contributed by atoms with E-state index in [0.29, 0.717) is 0 Å². The molecule has 0 radical (unpaired) electrons. The summed E-state index contributed by atoms with van der Waals surface area (Å²) in [6, 6.07) is 0. The summed E-state index contributed by atoms with van der Waals surface area (Å²) in [5.41, 5.74) is 0. The standard InChI is InChI=1S/C3H8S2.C2H4O2S/c1-2-3(4)5;3-2(4)1-5/h3-5H,2H2,1H3;5H,1H2,(H,3,4). The highest BCUT2D eigenvalue weighted by Gasteiger charge is 1.82. The van der Waals surface area contributed by atoms with Gasteiger partial charge in [0, 0.05) is 4.58 Å². The van der Waals surface area contributed by atoms with Gasteiger partial charge in [0.1, 0.15) is 0 Å². The molecule has 0 aromatic heterocycles. The van der Waals surface area contributed by atoms with E-state index in [9.17, 15) is 4.79 Å². The third kappa shape index (κ3) is 23.6. The van der Waals surface area contributed by atoms with Crippen molar-refractivity contribution in [3.05, 3.63) is 0 Å². The van der Waals surface area contributed by atoms with Crippen molar-refractivity contribution in [2.45, 2.75) is 17.9 Å². The average Bonchev–Trinajstić information content (AvgIpc) is 1.89. The maximum atomic E-state index is 9.29. The number of carboxylic acid groups (broad SMARTS) is 1. The molecule has 0 saturated heterocycles. The van der Waals surface area contributed by atoms with E-state index in [1.165, 1.54) is 0 Å². The monoisotopic (exact) mass is 200 g/mol. The fourth-order valence-electron chi connectivity index (χ4n) is 0. The Morgan fingerprint density at radius 3 is 1.80 bits per heavy atom. The third-order valence-electron chi connectivity index (χ3n) is 0.500. The molecule has 0 bridgehead atoms. The molecule has 62 valence electrons. The molecular weight excluding hydrogens is 188 g/mol. The summed E-state index contributed by atoms with van der Waals surface area (Å²) in [5.74, 6) is -0.965. The van der Waals surface area contributed by atoms with E-state index in [0.717, 1.165) is 6.42 Å². The summed E-state index contributed by atoms with van der Waals surface area (Å²) in [7, 11) is 0. The summed E-state index contributed by atoms with van der Waals surface area (Å²) in [6.45, 7) is 2.05. The predicted octanol–water partition coefficient (Wildman–Crippen LogP) is 1.58. The summed E-state index contributed by atoms with van der Waals surface area (Å²) >= 11 is 11.3. The Morgan fingerprint density at radius 2 is 1.80 bits per heavy atom. The fraction of sp³-hybridized carbons (Fsp3) is 0.800. The Labute approximate surface area is 77.6 Å². The number of carboxylic acids is 1. The molecule has 2 nitrogen and oxygen atoms in total. The van der Waals surface area contributed by atoms with Gasteiger partial charge in [-0.3, -0.25) is 4.79 Å². The van der Waals surface area contributed by atoms with Gasteiger partial charge in [-0.25, -0.2) is 0 Å². The minimum atomic E-state index is -0.881. The van der Waals surface area contributed by atoms with Crippen LogP contribution in [0.25, 0.3) is 0 Å². The zero-order valence-electron chi connectivity index (χ0n) is 5.69. The van der Waals surface area contributed by atoms with E-state index < -0.39 is 5.97 Å². The topological polar surface area (TPSA) is 37.3 Å². The van der Waals surface area contributed by atoms with Gasteiger partial charge in [0.2, 0.25) is 0 Å². The zero-order chi connectivity index (χ0) is 8.57. The Bertz CT molecular complexity index is 85.0. The van der Waals surface area contributed by atoms with E-state index >= 15 is 0 Å². The fourth-order valence-corrected chi connectivity index (χ4v) is 0. The minimum absolute atomic E-state index is 0.0833. The molecule has 0 rings (SSSR count). The summed E-state index contributed by atoms with van der Waals surface area (Å²) < 4.78 is 0.273. The Balaban J connectivity index is 0. The van der Waals surface area contributed by atoms with Crippen LogP contribution in [0.5, 0.6) is 0 Å². The largest absolute Gasteiger partial charge is 0.481 e. The van der Waals surface area contributed by atoms with Crippen LogP contribution in [0.3, 0.4) is 0 Å². The molecule has 0 aromatic carbocycles. The lowest BCUT2D eigenvalue weighted by Gasteiger charge is -1.89. The highest BCUT2D eigenvalue weighted by molar-refractivity contribution is 7.99. The lowest BCUT2D eigenvalue weighted by atomic mass is 10.6. The molecule has 0 amide bonds. The summed E-state index contributed by atoms with van der Waals surface area (Å²) in [6.07, 6.45) is 1.03. The lowest BCUT2D eigenvalue weighted by Crippen LogP contribution is -1.92. The molecule has 0 unspecified atom stereocenters. The number of hydrogen-bond acceptors (Lipinski definition) is 4. The van der Waals surface area contributed by atoms with Crippen molar-refractivity contribution in [2.24, 2.45) is 0 Å². The van der Waals surface area contributed by atoms with Crippen LogP contribution in [0, 0.1) is 0 Å². The molecule has 0 aliphatic carbocycles. The van der Waals surface area contributed by atoms with Crippen molar-refractivity contribution in [3.8, 4) is 0 Å². The van der Waals surface area contributed by atoms with E-state index in [2.05, 4.69) is 37.9 Å². The maximum Gasteiger partial charge on any atom is 0.313 e. The molecule has 0 aliphatic rings. The van der Waals surface area contributed by atoms with Crippen molar-refractivity contribution in [2.75, 3.05) is 5.75 Å². The average molecular weight is 200 g/mol. The van der Waals surface area contributed by atoms with Gasteiger partial charge in [0.05, 0.1) is 5.75 Å². The van der Waals surface area contributed by atoms with Crippen LogP contribution < -0.4 is 0 Å².